The number of hydrogen-bond acceptors (Lipinski definition) is 5. The largest absolute Gasteiger partial charge is 0.383 e. The molecule has 7 nitrogen and oxygen atoms in total. The molecule has 0 atom stereocenters. The molecule has 0 aromatic carbocycles. The van der Waals surface area contributed by atoms with Gasteiger partial charge >= 0.3 is 0 Å². The van der Waals surface area contributed by atoms with Gasteiger partial charge in [-0.3, -0.25) is 9.89 Å². The highest BCUT2D eigenvalue weighted by Gasteiger charge is 2.34. The molecular formula is C23H46IN5O2. The Labute approximate surface area is 207 Å². The van der Waals surface area contributed by atoms with E-state index in [9.17, 15) is 0 Å². The number of hydrogen-bond donors (Lipinski definition) is 2. The Morgan fingerprint density at radius 2 is 1.74 bits per heavy atom. The molecular weight excluding hydrogens is 505 g/mol. The first-order valence-corrected chi connectivity index (χ1v) is 12.2. The summed E-state index contributed by atoms with van der Waals surface area (Å²) in [6, 6.07) is 0. The zero-order chi connectivity index (χ0) is 21.1. The second-order valence-electron chi connectivity index (χ2n) is 9.53. The Morgan fingerprint density at radius 1 is 1.03 bits per heavy atom. The molecule has 0 spiro atoms. The van der Waals surface area contributed by atoms with Crippen molar-refractivity contribution in [1.82, 2.24) is 20.4 Å². The molecule has 3 fully saturated rings. The number of rotatable bonds is 9. The molecule has 2 aliphatic heterocycles. The zero-order valence-electron chi connectivity index (χ0n) is 19.9. The van der Waals surface area contributed by atoms with Gasteiger partial charge in [0.1, 0.15) is 0 Å². The summed E-state index contributed by atoms with van der Waals surface area (Å²) >= 11 is 0. The van der Waals surface area contributed by atoms with Crippen LogP contribution in [-0.4, -0.2) is 102 Å². The number of halogens is 1. The molecule has 0 unspecified atom stereocenters. The van der Waals surface area contributed by atoms with Gasteiger partial charge in [-0.05, 0) is 44.7 Å². The molecule has 0 aromatic heterocycles. The van der Waals surface area contributed by atoms with E-state index in [0.717, 1.165) is 64.4 Å². The van der Waals surface area contributed by atoms with Gasteiger partial charge in [-0.2, -0.15) is 0 Å². The van der Waals surface area contributed by atoms with E-state index in [0.29, 0.717) is 5.41 Å². The van der Waals surface area contributed by atoms with E-state index in [1.807, 2.05) is 7.05 Å². The van der Waals surface area contributed by atoms with Crippen LogP contribution < -0.4 is 10.6 Å². The van der Waals surface area contributed by atoms with Crippen molar-refractivity contribution < 1.29 is 9.47 Å². The minimum atomic E-state index is 0. The average molecular weight is 552 g/mol. The van der Waals surface area contributed by atoms with E-state index in [4.69, 9.17) is 9.47 Å². The monoisotopic (exact) mass is 551 g/mol. The van der Waals surface area contributed by atoms with Crippen LogP contribution in [0.4, 0.5) is 0 Å². The first-order chi connectivity index (χ1) is 14.7. The molecule has 0 amide bonds. The number of guanidine groups is 1. The van der Waals surface area contributed by atoms with Crippen molar-refractivity contribution in [2.24, 2.45) is 16.3 Å². The van der Waals surface area contributed by atoms with Crippen molar-refractivity contribution in [3.05, 3.63) is 0 Å². The van der Waals surface area contributed by atoms with E-state index in [1.54, 1.807) is 7.11 Å². The highest BCUT2D eigenvalue weighted by molar-refractivity contribution is 14.0. The number of likely N-dealkylation sites (tertiary alicyclic amines) is 1. The maximum absolute atomic E-state index is 5.56. The number of methoxy groups -OCH3 is 1. The molecule has 2 N–H and O–H groups in total. The lowest BCUT2D eigenvalue weighted by Crippen LogP contribution is -2.51. The third kappa shape index (κ3) is 9.31. The SMILES string of the molecule is CN=C(NCC1CCN(CCOC)CC1)NCC1(CN2CCOCC2)CCCCC1.I. The molecule has 3 aliphatic rings. The van der Waals surface area contributed by atoms with Crippen molar-refractivity contribution in [2.75, 3.05) is 86.3 Å². The molecule has 182 valence electrons. The molecule has 31 heavy (non-hydrogen) atoms. The quantitative estimate of drug-likeness (QED) is 0.261. The Balaban J connectivity index is 0.00000341. The van der Waals surface area contributed by atoms with Gasteiger partial charge in [0.2, 0.25) is 0 Å². The van der Waals surface area contributed by atoms with Crippen molar-refractivity contribution >= 4 is 29.9 Å². The number of nitrogens with one attached hydrogen (secondary N) is 2. The summed E-state index contributed by atoms with van der Waals surface area (Å²) in [6.45, 7) is 11.4. The number of aliphatic imine (C=N–C) groups is 1. The predicted octanol–water partition coefficient (Wildman–Crippen LogP) is 2.41. The lowest BCUT2D eigenvalue weighted by Gasteiger charge is -2.42. The van der Waals surface area contributed by atoms with Crippen molar-refractivity contribution in [3.63, 3.8) is 0 Å². The van der Waals surface area contributed by atoms with Crippen molar-refractivity contribution in [1.29, 1.82) is 0 Å². The van der Waals surface area contributed by atoms with E-state index < -0.39 is 0 Å². The average Bonchev–Trinajstić information content (AvgIpc) is 2.80. The van der Waals surface area contributed by atoms with Crippen LogP contribution in [0, 0.1) is 11.3 Å². The minimum Gasteiger partial charge on any atom is -0.383 e. The Hall–Kier alpha value is -0.160. The van der Waals surface area contributed by atoms with Crippen LogP contribution in [0.3, 0.4) is 0 Å². The van der Waals surface area contributed by atoms with Crippen LogP contribution in [0.15, 0.2) is 4.99 Å². The van der Waals surface area contributed by atoms with Gasteiger partial charge < -0.3 is 25.0 Å². The summed E-state index contributed by atoms with van der Waals surface area (Å²) in [6.07, 6.45) is 9.28. The third-order valence-corrected chi connectivity index (χ3v) is 7.31. The van der Waals surface area contributed by atoms with E-state index in [1.165, 1.54) is 64.6 Å². The summed E-state index contributed by atoms with van der Waals surface area (Å²) in [5.74, 6) is 1.71. The van der Waals surface area contributed by atoms with Crippen molar-refractivity contribution in [2.45, 2.75) is 44.9 Å². The fourth-order valence-corrected chi connectivity index (χ4v) is 5.29. The van der Waals surface area contributed by atoms with Crippen molar-refractivity contribution in [3.8, 4) is 0 Å². The maximum Gasteiger partial charge on any atom is 0.191 e. The van der Waals surface area contributed by atoms with Crippen LogP contribution >= 0.6 is 24.0 Å². The highest BCUT2D eigenvalue weighted by Crippen LogP contribution is 2.36. The number of morpholine rings is 1. The normalized spacial score (nSPS) is 23.9. The smallest absolute Gasteiger partial charge is 0.191 e. The van der Waals surface area contributed by atoms with Gasteiger partial charge in [-0.15, -0.1) is 24.0 Å². The topological polar surface area (TPSA) is 61.4 Å². The van der Waals surface area contributed by atoms with E-state index in [-0.39, 0.29) is 24.0 Å². The molecule has 1 saturated carbocycles. The first-order valence-electron chi connectivity index (χ1n) is 12.2. The molecule has 3 rings (SSSR count). The second-order valence-corrected chi connectivity index (χ2v) is 9.53. The lowest BCUT2D eigenvalue weighted by molar-refractivity contribution is 0.00820. The summed E-state index contributed by atoms with van der Waals surface area (Å²) in [5, 5.41) is 7.32. The Bertz CT molecular complexity index is 502. The Morgan fingerprint density at radius 3 is 2.39 bits per heavy atom. The van der Waals surface area contributed by atoms with Gasteiger partial charge in [0.25, 0.3) is 0 Å². The minimum absolute atomic E-state index is 0. The molecule has 8 heteroatoms. The second kappa shape index (κ2) is 14.9. The fraction of sp³-hybridized carbons (Fsp3) is 0.957. The zero-order valence-corrected chi connectivity index (χ0v) is 22.2. The van der Waals surface area contributed by atoms with Crippen LogP contribution in [0.25, 0.3) is 0 Å². The van der Waals surface area contributed by atoms with E-state index in [2.05, 4.69) is 25.4 Å². The molecule has 0 aromatic rings. The summed E-state index contributed by atoms with van der Waals surface area (Å²) in [5.41, 5.74) is 0.375. The van der Waals surface area contributed by atoms with Crippen LogP contribution in [0.1, 0.15) is 44.9 Å². The third-order valence-electron chi connectivity index (χ3n) is 7.31. The standard InChI is InChI=1S/C23H45N5O2.HI/c1-24-22(25-18-21-6-10-27(11-7-21)12-15-29-2)26-19-23(8-4-3-5-9-23)20-28-13-16-30-17-14-28;/h21H,3-20H2,1-2H3,(H2,24,25,26);1H. The van der Waals surface area contributed by atoms with Gasteiger partial charge in [-0.1, -0.05) is 19.3 Å². The van der Waals surface area contributed by atoms with Crippen LogP contribution in [0.2, 0.25) is 0 Å². The molecule has 0 radical (unpaired) electrons. The van der Waals surface area contributed by atoms with Gasteiger partial charge in [0, 0.05) is 58.8 Å². The van der Waals surface area contributed by atoms with E-state index >= 15 is 0 Å². The number of piperidine rings is 1. The summed E-state index contributed by atoms with van der Waals surface area (Å²) in [4.78, 5) is 9.66. The number of nitrogens with zero attached hydrogens (tertiary/aromatic N) is 3. The predicted molar refractivity (Wildman–Crippen MR) is 139 cm³/mol. The summed E-state index contributed by atoms with van der Waals surface area (Å²) < 4.78 is 10.8. The number of ether oxygens (including phenoxy) is 2. The lowest BCUT2D eigenvalue weighted by atomic mass is 9.73. The molecule has 2 saturated heterocycles. The van der Waals surface area contributed by atoms with Crippen LogP contribution in [0.5, 0.6) is 0 Å². The molecule has 1 aliphatic carbocycles. The fourth-order valence-electron chi connectivity index (χ4n) is 5.29. The summed E-state index contributed by atoms with van der Waals surface area (Å²) in [7, 11) is 3.69. The molecule has 2 heterocycles. The first kappa shape index (κ1) is 27.1. The molecule has 0 bridgehead atoms. The van der Waals surface area contributed by atoms with Gasteiger partial charge in [-0.25, -0.2) is 0 Å². The highest BCUT2D eigenvalue weighted by atomic mass is 127. The van der Waals surface area contributed by atoms with Crippen LogP contribution in [-0.2, 0) is 9.47 Å². The van der Waals surface area contributed by atoms with Gasteiger partial charge in [0.15, 0.2) is 5.96 Å². The Kier molecular flexibility index (Phi) is 13.0. The van der Waals surface area contributed by atoms with Gasteiger partial charge in [0.05, 0.1) is 19.8 Å². The maximum atomic E-state index is 5.56.